The first kappa shape index (κ1) is 18.2. The van der Waals surface area contributed by atoms with Gasteiger partial charge in [0, 0.05) is 6.42 Å². The topological polar surface area (TPSA) is 9.23 Å². The zero-order valence-electron chi connectivity index (χ0n) is 8.77. The molecule has 0 fully saturated rings. The first-order valence-corrected chi connectivity index (χ1v) is 4.30. The van der Waals surface area contributed by atoms with Gasteiger partial charge in [-0.3, -0.25) is 4.74 Å². The van der Waals surface area contributed by atoms with Crippen LogP contribution in [0.1, 0.15) is 13.3 Å². The van der Waals surface area contributed by atoms with E-state index in [0.717, 1.165) is 0 Å². The second-order valence-electron chi connectivity index (χ2n) is 3.27. The van der Waals surface area contributed by atoms with Crippen molar-refractivity contribution in [3.63, 3.8) is 0 Å². The summed E-state index contributed by atoms with van der Waals surface area (Å²) in [4.78, 5) is 0. The van der Waals surface area contributed by atoms with E-state index < -0.39 is 36.7 Å². The summed E-state index contributed by atoms with van der Waals surface area (Å²) < 4.78 is 135. The lowest BCUT2D eigenvalue weighted by Gasteiger charge is -2.35. The first-order chi connectivity index (χ1) is 8.02. The van der Waals surface area contributed by atoms with Crippen LogP contribution in [-0.2, 0) is 4.74 Å². The van der Waals surface area contributed by atoms with Gasteiger partial charge in [-0.1, -0.05) is 6.92 Å². The zero-order valence-corrected chi connectivity index (χ0v) is 8.77. The highest BCUT2D eigenvalue weighted by molar-refractivity contribution is 4.89. The van der Waals surface area contributed by atoms with Crippen LogP contribution in [0.15, 0.2) is 0 Å². The molecule has 0 N–H and O–H groups in total. The fourth-order valence-corrected chi connectivity index (χ4v) is 0.734. The van der Waals surface area contributed by atoms with E-state index in [1.165, 1.54) is 0 Å². The second-order valence-corrected chi connectivity index (χ2v) is 3.27. The average molecular weight is 314 g/mol. The molecule has 0 aromatic heterocycles. The molecule has 0 unspecified atom stereocenters. The number of hydrogen-bond donors (Lipinski definition) is 0. The Morgan fingerprint density at radius 2 is 1.00 bits per heavy atom. The number of halogens is 11. The number of rotatable bonds is 4. The van der Waals surface area contributed by atoms with Crippen LogP contribution in [0.2, 0.25) is 0 Å². The molecule has 12 heteroatoms. The zero-order chi connectivity index (χ0) is 15.9. The Balaban J connectivity index is 5.64. The van der Waals surface area contributed by atoms with Gasteiger partial charge in [-0.25, -0.2) is 0 Å². The highest BCUT2D eigenvalue weighted by atomic mass is 19.4. The van der Waals surface area contributed by atoms with Crippen molar-refractivity contribution in [3.05, 3.63) is 0 Å². The molecule has 0 amide bonds. The molecule has 0 saturated heterocycles. The molecular formula is C7H5F11O. The number of alkyl halides is 11. The molecule has 0 heterocycles. The van der Waals surface area contributed by atoms with Gasteiger partial charge in [-0.15, -0.1) is 0 Å². The lowest BCUT2D eigenvalue weighted by molar-refractivity contribution is -0.503. The molecule has 0 saturated carbocycles. The Labute approximate surface area is 97.9 Å². The molecule has 0 aromatic carbocycles. The maximum Gasteiger partial charge on any atom is 0.458 e. The fraction of sp³-hybridized carbons (Fsp3) is 1.00. The second kappa shape index (κ2) is 4.63. The van der Waals surface area contributed by atoms with Gasteiger partial charge < -0.3 is 0 Å². The normalized spacial score (nSPS) is 15.8. The maximum absolute atomic E-state index is 12.7. The summed E-state index contributed by atoms with van der Waals surface area (Å²) >= 11 is 0. The molecule has 0 spiro atoms. The van der Waals surface area contributed by atoms with E-state index in [0.29, 0.717) is 6.92 Å². The summed E-state index contributed by atoms with van der Waals surface area (Å²) in [5.74, 6) is -12.3. The molecule has 0 rings (SSSR count). The van der Waals surface area contributed by atoms with Crippen LogP contribution in [0.5, 0.6) is 0 Å². The van der Waals surface area contributed by atoms with Crippen molar-refractivity contribution in [3.8, 4) is 0 Å². The lowest BCUT2D eigenvalue weighted by atomic mass is 10.2. The molecule has 116 valence electrons. The molecule has 1 nitrogen and oxygen atoms in total. The van der Waals surface area contributed by atoms with Gasteiger partial charge in [0.15, 0.2) is 0 Å². The van der Waals surface area contributed by atoms with E-state index in [-0.39, 0.29) is 0 Å². The van der Waals surface area contributed by atoms with Crippen LogP contribution < -0.4 is 0 Å². The SMILES string of the molecule is CCC(F)(F)C(F)(F)OC(F)(C(F)(F)F)C(F)(F)F. The molecule has 0 bridgehead atoms. The predicted octanol–water partition coefficient (Wildman–Crippen LogP) is 4.43. The summed E-state index contributed by atoms with van der Waals surface area (Å²) in [6.07, 6.45) is -22.2. The summed E-state index contributed by atoms with van der Waals surface area (Å²) in [6, 6.07) is 0. The first-order valence-electron chi connectivity index (χ1n) is 4.30. The van der Waals surface area contributed by atoms with Crippen LogP contribution in [0.25, 0.3) is 0 Å². The smallest absolute Gasteiger partial charge is 0.262 e. The van der Waals surface area contributed by atoms with Gasteiger partial charge >= 0.3 is 30.2 Å². The number of ether oxygens (including phenoxy) is 1. The monoisotopic (exact) mass is 314 g/mol. The van der Waals surface area contributed by atoms with E-state index in [9.17, 15) is 48.3 Å². The largest absolute Gasteiger partial charge is 0.458 e. The Morgan fingerprint density at radius 3 is 1.21 bits per heavy atom. The number of hydrogen-bond acceptors (Lipinski definition) is 1. The minimum Gasteiger partial charge on any atom is -0.262 e. The van der Waals surface area contributed by atoms with Crippen molar-refractivity contribution >= 4 is 0 Å². The maximum atomic E-state index is 12.7. The van der Waals surface area contributed by atoms with Crippen molar-refractivity contribution in [1.82, 2.24) is 0 Å². The summed E-state index contributed by atoms with van der Waals surface area (Å²) in [5.41, 5.74) is 0. The molecule has 0 aromatic rings. The molecular weight excluding hydrogens is 309 g/mol. The van der Waals surface area contributed by atoms with E-state index >= 15 is 0 Å². The summed E-state index contributed by atoms with van der Waals surface area (Å²) in [7, 11) is 0. The van der Waals surface area contributed by atoms with Crippen molar-refractivity contribution in [2.24, 2.45) is 0 Å². The van der Waals surface area contributed by atoms with Crippen molar-refractivity contribution in [1.29, 1.82) is 0 Å². The van der Waals surface area contributed by atoms with E-state index in [4.69, 9.17) is 0 Å². The fourth-order valence-electron chi connectivity index (χ4n) is 0.734. The quantitative estimate of drug-likeness (QED) is 0.698. The van der Waals surface area contributed by atoms with Gasteiger partial charge in [-0.05, 0) is 0 Å². The van der Waals surface area contributed by atoms with Crippen LogP contribution in [0, 0.1) is 0 Å². The minimum absolute atomic E-state index is 0.332. The minimum atomic E-state index is -7.02. The summed E-state index contributed by atoms with van der Waals surface area (Å²) in [6.45, 7) is 0.332. The molecule has 0 radical (unpaired) electrons. The molecule has 0 atom stereocenters. The average Bonchev–Trinajstić information content (AvgIpc) is 2.13. The van der Waals surface area contributed by atoms with Crippen LogP contribution in [0.4, 0.5) is 48.3 Å². The third kappa shape index (κ3) is 3.20. The van der Waals surface area contributed by atoms with Gasteiger partial charge in [0.1, 0.15) is 0 Å². The third-order valence-electron chi connectivity index (χ3n) is 1.87. The van der Waals surface area contributed by atoms with E-state index in [2.05, 4.69) is 0 Å². The van der Waals surface area contributed by atoms with Crippen LogP contribution in [0.3, 0.4) is 0 Å². The van der Waals surface area contributed by atoms with E-state index in [1.807, 2.05) is 4.74 Å². The molecule has 0 aliphatic carbocycles. The molecule has 19 heavy (non-hydrogen) atoms. The van der Waals surface area contributed by atoms with Gasteiger partial charge in [0.05, 0.1) is 0 Å². The third-order valence-corrected chi connectivity index (χ3v) is 1.87. The summed E-state index contributed by atoms with van der Waals surface area (Å²) in [5, 5.41) is 0. The Bertz CT molecular complexity index is 300. The van der Waals surface area contributed by atoms with Crippen molar-refractivity contribution in [2.45, 2.75) is 43.6 Å². The Kier molecular flexibility index (Phi) is 4.43. The predicted molar refractivity (Wildman–Crippen MR) is 37.2 cm³/mol. The lowest BCUT2D eigenvalue weighted by Crippen LogP contribution is -2.61. The Hall–Kier alpha value is -0.810. The molecule has 0 aliphatic heterocycles. The standard InChI is InChI=1S/C7H5F11O/c1-2-3(8,9)7(17,18)19-4(10,5(11,12)13)6(14,15)16/h2H2,1H3. The van der Waals surface area contributed by atoms with Gasteiger partial charge in [-0.2, -0.15) is 48.3 Å². The highest BCUT2D eigenvalue weighted by Crippen LogP contribution is 2.52. The van der Waals surface area contributed by atoms with Crippen molar-refractivity contribution < 1.29 is 53.0 Å². The molecule has 0 aliphatic rings. The van der Waals surface area contributed by atoms with Crippen LogP contribution in [-0.4, -0.2) is 30.2 Å². The highest BCUT2D eigenvalue weighted by Gasteiger charge is 2.79. The van der Waals surface area contributed by atoms with Crippen molar-refractivity contribution in [2.75, 3.05) is 0 Å². The van der Waals surface area contributed by atoms with Crippen LogP contribution >= 0.6 is 0 Å². The van der Waals surface area contributed by atoms with E-state index in [1.54, 1.807) is 0 Å². The van der Waals surface area contributed by atoms with Gasteiger partial charge in [0.2, 0.25) is 0 Å². The Morgan fingerprint density at radius 1 is 0.684 bits per heavy atom. The van der Waals surface area contributed by atoms with Gasteiger partial charge in [0.25, 0.3) is 0 Å².